The van der Waals surface area contributed by atoms with Gasteiger partial charge in [0.1, 0.15) is 0 Å². The third kappa shape index (κ3) is 4.42. The zero-order valence-electron chi connectivity index (χ0n) is 17.2. The molecule has 2 heterocycles. The van der Waals surface area contributed by atoms with Crippen molar-refractivity contribution < 1.29 is 4.79 Å². The van der Waals surface area contributed by atoms with Crippen molar-refractivity contribution in [2.24, 2.45) is 5.92 Å². The third-order valence-electron chi connectivity index (χ3n) is 5.11. The highest BCUT2D eigenvalue weighted by atomic mass is 32.2. The zero-order chi connectivity index (χ0) is 21.1. The Morgan fingerprint density at radius 1 is 1.17 bits per heavy atom. The summed E-state index contributed by atoms with van der Waals surface area (Å²) >= 11 is 3.14. The number of carbonyl (C=O) groups is 1. The number of rotatable bonds is 6. The molecule has 1 aliphatic heterocycles. The van der Waals surface area contributed by atoms with E-state index in [0.29, 0.717) is 35.1 Å². The van der Waals surface area contributed by atoms with Crippen molar-refractivity contribution in [2.45, 2.75) is 36.9 Å². The molecule has 0 spiro atoms. The van der Waals surface area contributed by atoms with Crippen LogP contribution in [-0.4, -0.2) is 33.5 Å². The van der Waals surface area contributed by atoms with Crippen LogP contribution in [0.5, 0.6) is 0 Å². The lowest BCUT2D eigenvalue weighted by Crippen LogP contribution is -2.36. The van der Waals surface area contributed by atoms with E-state index < -0.39 is 0 Å². The molecule has 0 bridgehead atoms. The Morgan fingerprint density at radius 2 is 1.93 bits per heavy atom. The Morgan fingerprint density at radius 3 is 2.77 bits per heavy atom. The van der Waals surface area contributed by atoms with Crippen LogP contribution in [0.4, 0.5) is 5.69 Å². The van der Waals surface area contributed by atoms with Gasteiger partial charge in [0, 0.05) is 23.7 Å². The number of nitrogens with zero attached hydrogens (tertiary/aromatic N) is 3. The summed E-state index contributed by atoms with van der Waals surface area (Å²) in [6.45, 7) is 5.59. The van der Waals surface area contributed by atoms with Gasteiger partial charge >= 0.3 is 0 Å². The summed E-state index contributed by atoms with van der Waals surface area (Å²) in [5.41, 5.74) is 1.62. The van der Waals surface area contributed by atoms with Crippen LogP contribution in [-0.2, 0) is 11.3 Å². The van der Waals surface area contributed by atoms with Crippen LogP contribution in [0.2, 0.25) is 0 Å². The largest absolute Gasteiger partial charge is 0.310 e. The van der Waals surface area contributed by atoms with E-state index in [-0.39, 0.29) is 17.2 Å². The van der Waals surface area contributed by atoms with Crippen LogP contribution in [0.3, 0.4) is 0 Å². The molecule has 0 radical (unpaired) electrons. The van der Waals surface area contributed by atoms with Crippen molar-refractivity contribution in [2.75, 3.05) is 23.0 Å². The van der Waals surface area contributed by atoms with Crippen LogP contribution in [0, 0.1) is 5.92 Å². The Bertz CT molecular complexity index is 1130. The molecule has 1 aliphatic rings. The van der Waals surface area contributed by atoms with Gasteiger partial charge in [0.2, 0.25) is 5.91 Å². The first-order chi connectivity index (χ1) is 14.5. The molecule has 1 amide bonds. The maximum Gasteiger partial charge on any atom is 0.262 e. The molecule has 7 heteroatoms. The van der Waals surface area contributed by atoms with Gasteiger partial charge in [0.05, 0.1) is 22.3 Å². The summed E-state index contributed by atoms with van der Waals surface area (Å²) in [7, 11) is 0. The summed E-state index contributed by atoms with van der Waals surface area (Å²) in [6, 6.07) is 15.4. The second-order valence-corrected chi connectivity index (χ2v) is 9.78. The molecule has 0 N–H and O–H groups in total. The molecule has 0 saturated carbocycles. The first kappa shape index (κ1) is 21.0. The monoisotopic (exact) mass is 439 g/mol. The first-order valence-corrected chi connectivity index (χ1v) is 12.2. The van der Waals surface area contributed by atoms with Crippen molar-refractivity contribution >= 4 is 46.0 Å². The smallest absolute Gasteiger partial charge is 0.262 e. The second kappa shape index (κ2) is 9.27. The molecule has 156 valence electrons. The average molecular weight is 440 g/mol. The van der Waals surface area contributed by atoms with Gasteiger partial charge in [-0.25, -0.2) is 4.98 Å². The van der Waals surface area contributed by atoms with Crippen molar-refractivity contribution in [3.05, 3.63) is 58.9 Å². The molecular formula is C23H25N3O2S2. The molecule has 5 nitrogen and oxygen atoms in total. The number of aromatic nitrogens is 2. The fourth-order valence-electron chi connectivity index (χ4n) is 3.48. The average Bonchev–Trinajstić information content (AvgIpc) is 2.76. The highest BCUT2D eigenvalue weighted by Gasteiger charge is 2.23. The quantitative estimate of drug-likeness (QED) is 0.413. The SMILES string of the molecule is CC(C)CCn1c(SCC(=O)N2CCSc3ccccc32)nc2ccccc2c1=O. The topological polar surface area (TPSA) is 55.2 Å². The number of amides is 1. The number of benzene rings is 2. The van der Waals surface area contributed by atoms with Crippen molar-refractivity contribution in [3.8, 4) is 0 Å². The van der Waals surface area contributed by atoms with E-state index in [1.54, 1.807) is 16.3 Å². The molecule has 0 saturated heterocycles. The number of hydrogen-bond acceptors (Lipinski definition) is 5. The number of hydrogen-bond donors (Lipinski definition) is 0. The second-order valence-electron chi connectivity index (χ2n) is 7.70. The molecule has 0 atom stereocenters. The van der Waals surface area contributed by atoms with Crippen molar-refractivity contribution in [1.82, 2.24) is 9.55 Å². The minimum absolute atomic E-state index is 0.0316. The normalized spacial score (nSPS) is 13.6. The molecule has 30 heavy (non-hydrogen) atoms. The Hall–Kier alpha value is -2.25. The fraction of sp³-hybridized carbons (Fsp3) is 0.348. The van der Waals surface area contributed by atoms with E-state index in [1.807, 2.05) is 47.4 Å². The van der Waals surface area contributed by atoms with E-state index in [0.717, 1.165) is 22.8 Å². The van der Waals surface area contributed by atoms with Gasteiger partial charge in [-0.2, -0.15) is 0 Å². The molecule has 3 aromatic rings. The Kier molecular flexibility index (Phi) is 6.49. The van der Waals surface area contributed by atoms with E-state index in [4.69, 9.17) is 4.98 Å². The van der Waals surface area contributed by atoms with Crippen LogP contribution >= 0.6 is 23.5 Å². The van der Waals surface area contributed by atoms with Crippen LogP contribution in [0.25, 0.3) is 10.9 Å². The Balaban J connectivity index is 1.60. The van der Waals surface area contributed by atoms with E-state index in [2.05, 4.69) is 19.9 Å². The Labute approximate surface area is 184 Å². The maximum absolute atomic E-state index is 13.1. The number of thioether (sulfide) groups is 2. The predicted octanol–water partition coefficient (Wildman–Crippen LogP) is 4.67. The van der Waals surface area contributed by atoms with Gasteiger partial charge in [-0.15, -0.1) is 11.8 Å². The highest BCUT2D eigenvalue weighted by Crippen LogP contribution is 2.34. The lowest BCUT2D eigenvalue weighted by Gasteiger charge is -2.29. The summed E-state index contributed by atoms with van der Waals surface area (Å²) in [4.78, 5) is 33.8. The summed E-state index contributed by atoms with van der Waals surface area (Å²) in [6.07, 6.45) is 0.887. The molecule has 4 rings (SSSR count). The summed E-state index contributed by atoms with van der Waals surface area (Å²) in [5, 5.41) is 1.24. The van der Waals surface area contributed by atoms with Crippen LogP contribution in [0.15, 0.2) is 63.4 Å². The summed E-state index contributed by atoms with van der Waals surface area (Å²) < 4.78 is 1.74. The number of carbonyl (C=O) groups excluding carboxylic acids is 1. The zero-order valence-corrected chi connectivity index (χ0v) is 18.8. The van der Waals surface area contributed by atoms with E-state index in [9.17, 15) is 9.59 Å². The number of para-hydroxylation sites is 2. The van der Waals surface area contributed by atoms with Gasteiger partial charge in [-0.3, -0.25) is 14.2 Å². The van der Waals surface area contributed by atoms with Crippen molar-refractivity contribution in [3.63, 3.8) is 0 Å². The van der Waals surface area contributed by atoms with E-state index in [1.165, 1.54) is 11.8 Å². The molecule has 0 aliphatic carbocycles. The molecule has 2 aromatic carbocycles. The number of fused-ring (bicyclic) bond motifs is 2. The standard InChI is InChI=1S/C23H25N3O2S2/c1-16(2)11-12-26-22(28)17-7-3-4-8-18(17)24-23(26)30-15-21(27)25-13-14-29-20-10-6-5-9-19(20)25/h3-10,16H,11-15H2,1-2H3. The molecule has 0 unspecified atom stereocenters. The minimum atomic E-state index is -0.0316. The fourth-order valence-corrected chi connectivity index (χ4v) is 5.37. The van der Waals surface area contributed by atoms with Crippen molar-refractivity contribution in [1.29, 1.82) is 0 Å². The lowest BCUT2D eigenvalue weighted by molar-refractivity contribution is -0.116. The minimum Gasteiger partial charge on any atom is -0.310 e. The van der Waals surface area contributed by atoms with Gasteiger partial charge in [-0.1, -0.05) is 49.9 Å². The summed E-state index contributed by atoms with van der Waals surface area (Å²) in [5.74, 6) is 1.67. The van der Waals surface area contributed by atoms with E-state index >= 15 is 0 Å². The highest BCUT2D eigenvalue weighted by molar-refractivity contribution is 8.00. The first-order valence-electron chi connectivity index (χ1n) is 10.2. The van der Waals surface area contributed by atoms with Gasteiger partial charge in [-0.05, 0) is 36.6 Å². The predicted molar refractivity (Wildman–Crippen MR) is 126 cm³/mol. The number of anilines is 1. The van der Waals surface area contributed by atoms with Gasteiger partial charge < -0.3 is 4.90 Å². The van der Waals surface area contributed by atoms with Gasteiger partial charge in [0.25, 0.3) is 5.56 Å². The maximum atomic E-state index is 13.1. The lowest BCUT2D eigenvalue weighted by atomic mass is 10.1. The van der Waals surface area contributed by atoms with Crippen LogP contribution in [0.1, 0.15) is 20.3 Å². The third-order valence-corrected chi connectivity index (χ3v) is 7.12. The van der Waals surface area contributed by atoms with Crippen LogP contribution < -0.4 is 10.5 Å². The molecular weight excluding hydrogens is 414 g/mol. The molecule has 0 fully saturated rings. The molecule has 1 aromatic heterocycles. The van der Waals surface area contributed by atoms with Gasteiger partial charge in [0.15, 0.2) is 5.16 Å².